The summed E-state index contributed by atoms with van der Waals surface area (Å²) in [6, 6.07) is 38.8. The van der Waals surface area contributed by atoms with Crippen molar-refractivity contribution in [2.24, 2.45) is 0 Å². The van der Waals surface area contributed by atoms with Crippen molar-refractivity contribution in [3.8, 4) is 0 Å². The first-order valence-corrected chi connectivity index (χ1v) is 13.8. The van der Waals surface area contributed by atoms with Crippen molar-refractivity contribution in [2.45, 2.75) is 39.8 Å². The van der Waals surface area contributed by atoms with Crippen molar-refractivity contribution >= 4 is 11.8 Å². The van der Waals surface area contributed by atoms with Crippen LogP contribution in [0.2, 0.25) is 0 Å². The van der Waals surface area contributed by atoms with Crippen LogP contribution in [0.25, 0.3) is 11.8 Å². The second-order valence-corrected chi connectivity index (χ2v) is 10.1. The van der Waals surface area contributed by atoms with Gasteiger partial charge in [-0.1, -0.05) is 115 Å². The number of hydrogen-bond acceptors (Lipinski definition) is 2. The van der Waals surface area contributed by atoms with Crippen molar-refractivity contribution in [1.82, 2.24) is 9.80 Å². The lowest BCUT2D eigenvalue weighted by atomic mass is 9.98. The molecule has 0 N–H and O–H groups in total. The van der Waals surface area contributed by atoms with Crippen LogP contribution in [0, 0.1) is 0 Å². The molecule has 0 aliphatic carbocycles. The van der Waals surface area contributed by atoms with Gasteiger partial charge in [-0.2, -0.15) is 0 Å². The molecule has 0 spiro atoms. The lowest BCUT2D eigenvalue weighted by molar-refractivity contribution is 0.326. The molecule has 192 valence electrons. The molecule has 0 radical (unpaired) electrons. The average molecular weight is 499 g/mol. The van der Waals surface area contributed by atoms with Crippen LogP contribution in [0.5, 0.6) is 0 Å². The highest BCUT2D eigenvalue weighted by molar-refractivity contribution is 5.64. The van der Waals surface area contributed by atoms with E-state index in [4.69, 9.17) is 0 Å². The molecule has 0 saturated heterocycles. The van der Waals surface area contributed by atoms with Crippen molar-refractivity contribution in [3.63, 3.8) is 0 Å². The first-order valence-electron chi connectivity index (χ1n) is 13.8. The fraction of sp³-hybridized carbons (Fsp3) is 0.222. The van der Waals surface area contributed by atoms with E-state index in [1.54, 1.807) is 0 Å². The topological polar surface area (TPSA) is 6.48 Å². The SMILES string of the molecule is C/C(=C\c1ccccc1)N1CCc2ccccc2C1.C/C=C(\c1ccccc1)N1CCc2ccccc2C1. The van der Waals surface area contributed by atoms with Gasteiger partial charge in [0.05, 0.1) is 0 Å². The van der Waals surface area contributed by atoms with Gasteiger partial charge in [0.2, 0.25) is 0 Å². The third kappa shape index (κ3) is 6.26. The van der Waals surface area contributed by atoms with E-state index in [0.717, 1.165) is 39.0 Å². The molecule has 6 rings (SSSR count). The van der Waals surface area contributed by atoms with Gasteiger partial charge in [0.25, 0.3) is 0 Å². The Labute approximate surface area is 228 Å². The fourth-order valence-corrected chi connectivity index (χ4v) is 5.52. The Balaban J connectivity index is 0.000000155. The van der Waals surface area contributed by atoms with Crippen molar-refractivity contribution in [2.75, 3.05) is 13.1 Å². The highest BCUT2D eigenvalue weighted by Gasteiger charge is 2.18. The van der Waals surface area contributed by atoms with Crippen LogP contribution < -0.4 is 0 Å². The van der Waals surface area contributed by atoms with E-state index in [2.05, 4.69) is 145 Å². The Kier molecular flexibility index (Phi) is 8.40. The van der Waals surface area contributed by atoms with Gasteiger partial charge in [-0.05, 0) is 66.1 Å². The van der Waals surface area contributed by atoms with Gasteiger partial charge in [-0.25, -0.2) is 0 Å². The van der Waals surface area contributed by atoms with Crippen LogP contribution in [0.15, 0.2) is 121 Å². The summed E-state index contributed by atoms with van der Waals surface area (Å²) in [5.41, 5.74) is 11.2. The summed E-state index contributed by atoms with van der Waals surface area (Å²) >= 11 is 0. The number of nitrogens with zero attached hydrogens (tertiary/aromatic N) is 2. The second-order valence-electron chi connectivity index (χ2n) is 10.1. The minimum absolute atomic E-state index is 1.02. The zero-order valence-electron chi connectivity index (χ0n) is 22.7. The van der Waals surface area contributed by atoms with Crippen LogP contribution in [-0.4, -0.2) is 22.9 Å². The van der Waals surface area contributed by atoms with Crippen LogP contribution >= 0.6 is 0 Å². The van der Waals surface area contributed by atoms with Gasteiger partial charge in [0, 0.05) is 37.6 Å². The second kappa shape index (κ2) is 12.5. The third-order valence-corrected chi connectivity index (χ3v) is 7.62. The molecule has 4 aromatic rings. The maximum absolute atomic E-state index is 2.48. The Morgan fingerprint density at radius 3 is 1.63 bits per heavy atom. The minimum atomic E-state index is 1.02. The molecular formula is C36H38N2. The van der Waals surface area contributed by atoms with Gasteiger partial charge in [-0.15, -0.1) is 0 Å². The molecule has 0 fully saturated rings. The van der Waals surface area contributed by atoms with Gasteiger partial charge in [0.1, 0.15) is 0 Å². The van der Waals surface area contributed by atoms with E-state index >= 15 is 0 Å². The standard InChI is InChI=1S/2C18H19N/c1-15(13-16-7-3-2-4-8-16)19-12-11-17-9-5-6-10-18(17)14-19;1-2-18(16-9-4-3-5-10-16)19-13-12-15-8-6-7-11-17(15)14-19/h2-10,13H,11-12,14H2,1H3;2-11H,12-14H2,1H3/b15-13+;18-2+. The summed E-state index contributed by atoms with van der Waals surface area (Å²) < 4.78 is 0. The predicted molar refractivity (Wildman–Crippen MR) is 161 cm³/mol. The molecule has 2 heterocycles. The largest absolute Gasteiger partial charge is 0.370 e. The van der Waals surface area contributed by atoms with Crippen LogP contribution in [0.3, 0.4) is 0 Å². The molecule has 38 heavy (non-hydrogen) atoms. The van der Waals surface area contributed by atoms with Crippen LogP contribution in [0.4, 0.5) is 0 Å². The maximum Gasteiger partial charge on any atom is 0.0432 e. The zero-order chi connectivity index (χ0) is 26.2. The summed E-state index contributed by atoms with van der Waals surface area (Å²) in [5, 5.41) is 0. The predicted octanol–water partition coefficient (Wildman–Crippen LogP) is 8.21. The van der Waals surface area contributed by atoms with E-state index in [1.807, 2.05) is 0 Å². The van der Waals surface area contributed by atoms with Gasteiger partial charge < -0.3 is 9.80 Å². The lowest BCUT2D eigenvalue weighted by Crippen LogP contribution is -2.29. The summed E-state index contributed by atoms with van der Waals surface area (Å²) in [4.78, 5) is 4.95. The first-order chi connectivity index (χ1) is 18.7. The molecule has 2 heteroatoms. The molecule has 0 unspecified atom stereocenters. The molecule has 0 saturated carbocycles. The maximum atomic E-state index is 2.48. The van der Waals surface area contributed by atoms with Gasteiger partial charge >= 0.3 is 0 Å². The van der Waals surface area contributed by atoms with Crippen LogP contribution in [-0.2, 0) is 25.9 Å². The molecule has 0 bridgehead atoms. The van der Waals surface area contributed by atoms with Gasteiger partial charge in [0.15, 0.2) is 0 Å². The summed E-state index contributed by atoms with van der Waals surface area (Å²) in [6.07, 6.45) is 6.79. The number of rotatable bonds is 4. The van der Waals surface area contributed by atoms with E-state index in [9.17, 15) is 0 Å². The van der Waals surface area contributed by atoms with Crippen molar-refractivity contribution < 1.29 is 0 Å². The monoisotopic (exact) mass is 498 g/mol. The molecule has 0 aromatic heterocycles. The number of benzene rings is 4. The Morgan fingerprint density at radius 1 is 0.579 bits per heavy atom. The molecular weight excluding hydrogens is 460 g/mol. The van der Waals surface area contributed by atoms with E-state index in [0.29, 0.717) is 0 Å². The van der Waals surface area contributed by atoms with E-state index in [-0.39, 0.29) is 0 Å². The molecule has 2 aliphatic heterocycles. The highest BCUT2D eigenvalue weighted by atomic mass is 15.1. The summed E-state index contributed by atoms with van der Waals surface area (Å²) in [6.45, 7) is 8.61. The quantitative estimate of drug-likeness (QED) is 0.280. The number of hydrogen-bond donors (Lipinski definition) is 0. The Hall–Kier alpha value is -4.04. The van der Waals surface area contributed by atoms with Crippen molar-refractivity contribution in [3.05, 3.63) is 154 Å². The number of allylic oxidation sites excluding steroid dienone is 2. The minimum Gasteiger partial charge on any atom is -0.370 e. The molecule has 2 nitrogen and oxygen atoms in total. The Morgan fingerprint density at radius 2 is 1.05 bits per heavy atom. The Bertz CT molecular complexity index is 1390. The number of fused-ring (bicyclic) bond motifs is 2. The zero-order valence-corrected chi connectivity index (χ0v) is 22.7. The lowest BCUT2D eigenvalue weighted by Gasteiger charge is -2.32. The first kappa shape index (κ1) is 25.6. The molecule has 0 amide bonds. The van der Waals surface area contributed by atoms with E-state index in [1.165, 1.54) is 44.8 Å². The third-order valence-electron chi connectivity index (χ3n) is 7.62. The van der Waals surface area contributed by atoms with E-state index < -0.39 is 0 Å². The highest BCUT2D eigenvalue weighted by Crippen LogP contribution is 2.27. The van der Waals surface area contributed by atoms with Gasteiger partial charge in [-0.3, -0.25) is 0 Å². The fourth-order valence-electron chi connectivity index (χ4n) is 5.52. The smallest absolute Gasteiger partial charge is 0.0432 e. The molecule has 4 aromatic carbocycles. The summed E-state index contributed by atoms with van der Waals surface area (Å²) in [7, 11) is 0. The molecule has 0 atom stereocenters. The average Bonchev–Trinajstić information content (AvgIpc) is 2.99. The molecule has 2 aliphatic rings. The summed E-state index contributed by atoms with van der Waals surface area (Å²) in [5.74, 6) is 0. The van der Waals surface area contributed by atoms with Crippen molar-refractivity contribution in [1.29, 1.82) is 0 Å². The van der Waals surface area contributed by atoms with Crippen LogP contribution in [0.1, 0.15) is 47.2 Å². The normalized spacial score (nSPS) is 15.2.